The summed E-state index contributed by atoms with van der Waals surface area (Å²) in [6, 6.07) is 9.59. The number of nitrogens with zero attached hydrogens (tertiary/aromatic N) is 1. The van der Waals surface area contributed by atoms with Gasteiger partial charge in [0.25, 0.3) is 0 Å². The summed E-state index contributed by atoms with van der Waals surface area (Å²) in [4.78, 5) is 4.20. The zero-order valence-corrected chi connectivity index (χ0v) is 7.68. The van der Waals surface area contributed by atoms with E-state index in [1.165, 1.54) is 6.08 Å². The summed E-state index contributed by atoms with van der Waals surface area (Å²) >= 11 is 0. The van der Waals surface area contributed by atoms with E-state index in [4.69, 9.17) is 0 Å². The Labute approximate surface area is 82.5 Å². The number of pyridine rings is 1. The fourth-order valence-electron chi connectivity index (χ4n) is 1.38. The minimum atomic E-state index is -0.882. The van der Waals surface area contributed by atoms with Crippen LogP contribution in [0.5, 0.6) is 0 Å². The van der Waals surface area contributed by atoms with E-state index in [9.17, 15) is 5.11 Å². The molecule has 2 aromatic rings. The molecule has 1 aromatic carbocycles. The van der Waals surface area contributed by atoms with Gasteiger partial charge in [0, 0.05) is 17.1 Å². The molecule has 0 aliphatic rings. The monoisotopic (exact) mass is 184 g/mol. The Morgan fingerprint density at radius 2 is 2.14 bits per heavy atom. The third kappa shape index (κ3) is 1.52. The molecule has 1 atom stereocenters. The largest absolute Gasteiger partial charge is 0.256 e. The molecule has 69 valence electrons. The lowest BCUT2D eigenvalue weighted by atomic mass is 10.1. The average molecular weight is 184 g/mol. The molecular formula is C12H10NO. The molecule has 0 spiro atoms. The summed E-state index contributed by atoms with van der Waals surface area (Å²) in [5, 5.41) is 12.4. The van der Waals surface area contributed by atoms with Crippen LogP contribution in [0.1, 0.15) is 11.7 Å². The second kappa shape index (κ2) is 3.60. The topological polar surface area (TPSA) is 32.8 Å². The van der Waals surface area contributed by atoms with Crippen LogP contribution in [0.3, 0.4) is 0 Å². The van der Waals surface area contributed by atoms with Crippen LogP contribution in [0.15, 0.2) is 49.2 Å². The van der Waals surface area contributed by atoms with Crippen LogP contribution in [-0.2, 0) is 5.11 Å². The van der Waals surface area contributed by atoms with Gasteiger partial charge in [-0.15, -0.1) is 6.58 Å². The molecule has 0 saturated heterocycles. The first-order valence-electron chi connectivity index (χ1n) is 4.44. The van der Waals surface area contributed by atoms with E-state index in [-0.39, 0.29) is 0 Å². The predicted octanol–water partition coefficient (Wildman–Crippen LogP) is 2.89. The van der Waals surface area contributed by atoms with E-state index in [2.05, 4.69) is 11.6 Å². The molecule has 0 bridgehead atoms. The highest BCUT2D eigenvalue weighted by Gasteiger charge is 2.05. The van der Waals surface area contributed by atoms with Gasteiger partial charge in [-0.05, 0) is 12.1 Å². The minimum absolute atomic E-state index is 0.665. The minimum Gasteiger partial charge on any atom is -0.256 e. The summed E-state index contributed by atoms with van der Waals surface area (Å²) in [5.74, 6) is 0. The third-order valence-corrected chi connectivity index (χ3v) is 2.15. The lowest BCUT2D eigenvalue weighted by Crippen LogP contribution is -1.92. The number of hydrogen-bond donors (Lipinski definition) is 0. The molecule has 1 heterocycles. The normalized spacial score (nSPS) is 12.6. The standard InChI is InChI=1S/C12H10NO/c1-2-12(14)10-7-9-5-3-4-6-11(9)13-8-10/h2-8,12H,1H2. The zero-order valence-electron chi connectivity index (χ0n) is 7.68. The van der Waals surface area contributed by atoms with Crippen molar-refractivity contribution in [1.29, 1.82) is 0 Å². The summed E-state index contributed by atoms with van der Waals surface area (Å²) < 4.78 is 0. The Morgan fingerprint density at radius 3 is 2.93 bits per heavy atom. The number of fused-ring (bicyclic) bond motifs is 1. The predicted molar refractivity (Wildman–Crippen MR) is 55.4 cm³/mol. The van der Waals surface area contributed by atoms with Crippen molar-refractivity contribution in [1.82, 2.24) is 4.98 Å². The lowest BCUT2D eigenvalue weighted by molar-refractivity contribution is 0.131. The highest BCUT2D eigenvalue weighted by Crippen LogP contribution is 2.18. The van der Waals surface area contributed by atoms with Crippen LogP contribution in [-0.4, -0.2) is 4.98 Å². The van der Waals surface area contributed by atoms with E-state index < -0.39 is 6.10 Å². The molecular weight excluding hydrogens is 174 g/mol. The lowest BCUT2D eigenvalue weighted by Gasteiger charge is -2.03. The first-order valence-corrected chi connectivity index (χ1v) is 4.44. The fourth-order valence-corrected chi connectivity index (χ4v) is 1.38. The van der Waals surface area contributed by atoms with Crippen LogP contribution in [0.2, 0.25) is 0 Å². The maximum Gasteiger partial charge on any atom is 0.137 e. The van der Waals surface area contributed by atoms with Crippen molar-refractivity contribution in [3.05, 3.63) is 54.7 Å². The highest BCUT2D eigenvalue weighted by molar-refractivity contribution is 5.78. The summed E-state index contributed by atoms with van der Waals surface area (Å²) in [6.45, 7) is 3.48. The van der Waals surface area contributed by atoms with Gasteiger partial charge in [-0.1, -0.05) is 24.3 Å². The molecule has 1 aromatic heterocycles. The fraction of sp³-hybridized carbons (Fsp3) is 0.0833. The Balaban J connectivity index is 2.56. The van der Waals surface area contributed by atoms with E-state index in [1.807, 2.05) is 30.3 Å². The van der Waals surface area contributed by atoms with Gasteiger partial charge in [0.15, 0.2) is 0 Å². The van der Waals surface area contributed by atoms with Crippen molar-refractivity contribution in [2.24, 2.45) is 0 Å². The van der Waals surface area contributed by atoms with Gasteiger partial charge < -0.3 is 0 Å². The SMILES string of the molecule is C=CC([O])c1cnc2ccccc2c1. The Kier molecular flexibility index (Phi) is 2.29. The molecule has 1 unspecified atom stereocenters. The number of rotatable bonds is 2. The summed E-state index contributed by atoms with van der Waals surface area (Å²) in [6.07, 6.45) is 2.11. The van der Waals surface area contributed by atoms with E-state index in [1.54, 1.807) is 6.20 Å². The molecule has 0 N–H and O–H groups in total. The highest BCUT2D eigenvalue weighted by atomic mass is 16.3. The van der Waals surface area contributed by atoms with Gasteiger partial charge in [-0.2, -0.15) is 0 Å². The second-order valence-corrected chi connectivity index (χ2v) is 3.12. The third-order valence-electron chi connectivity index (χ3n) is 2.15. The smallest absolute Gasteiger partial charge is 0.137 e. The van der Waals surface area contributed by atoms with Gasteiger partial charge in [0.05, 0.1) is 5.52 Å². The van der Waals surface area contributed by atoms with Crippen LogP contribution in [0, 0.1) is 0 Å². The first-order chi connectivity index (χ1) is 6.81. The van der Waals surface area contributed by atoms with Crippen molar-refractivity contribution in [3.8, 4) is 0 Å². The molecule has 0 saturated carbocycles. The maximum absolute atomic E-state index is 11.4. The zero-order chi connectivity index (χ0) is 9.97. The molecule has 0 aliphatic heterocycles. The Morgan fingerprint density at radius 1 is 1.36 bits per heavy atom. The summed E-state index contributed by atoms with van der Waals surface area (Å²) in [5.41, 5.74) is 1.58. The molecule has 2 nitrogen and oxygen atoms in total. The quantitative estimate of drug-likeness (QED) is 0.660. The molecule has 0 fully saturated rings. The average Bonchev–Trinajstić information content (AvgIpc) is 2.27. The van der Waals surface area contributed by atoms with Gasteiger partial charge in [-0.3, -0.25) is 4.98 Å². The van der Waals surface area contributed by atoms with Crippen LogP contribution in [0.4, 0.5) is 0 Å². The molecule has 0 amide bonds. The number of para-hydroxylation sites is 1. The number of benzene rings is 1. The molecule has 2 heteroatoms. The van der Waals surface area contributed by atoms with Crippen LogP contribution >= 0.6 is 0 Å². The molecule has 0 aliphatic carbocycles. The number of hydrogen-bond acceptors (Lipinski definition) is 1. The van der Waals surface area contributed by atoms with Gasteiger partial charge in [-0.25, -0.2) is 5.11 Å². The van der Waals surface area contributed by atoms with Crippen LogP contribution in [0.25, 0.3) is 10.9 Å². The maximum atomic E-state index is 11.4. The van der Waals surface area contributed by atoms with Crippen molar-refractivity contribution in [2.45, 2.75) is 6.10 Å². The van der Waals surface area contributed by atoms with Crippen molar-refractivity contribution >= 4 is 10.9 Å². The van der Waals surface area contributed by atoms with Gasteiger partial charge in [0.1, 0.15) is 6.10 Å². The molecule has 14 heavy (non-hydrogen) atoms. The summed E-state index contributed by atoms with van der Waals surface area (Å²) in [7, 11) is 0. The van der Waals surface area contributed by atoms with E-state index in [0.29, 0.717) is 5.56 Å². The van der Waals surface area contributed by atoms with Gasteiger partial charge >= 0.3 is 0 Å². The second-order valence-electron chi connectivity index (χ2n) is 3.12. The first kappa shape index (κ1) is 8.91. The molecule has 2 rings (SSSR count). The Hall–Kier alpha value is -1.67. The van der Waals surface area contributed by atoms with E-state index >= 15 is 0 Å². The van der Waals surface area contributed by atoms with Crippen molar-refractivity contribution in [2.75, 3.05) is 0 Å². The van der Waals surface area contributed by atoms with Crippen molar-refractivity contribution in [3.63, 3.8) is 0 Å². The van der Waals surface area contributed by atoms with Gasteiger partial charge in [0.2, 0.25) is 0 Å². The van der Waals surface area contributed by atoms with E-state index in [0.717, 1.165) is 10.9 Å². The van der Waals surface area contributed by atoms with Crippen LogP contribution < -0.4 is 0 Å². The number of aromatic nitrogens is 1. The van der Waals surface area contributed by atoms with Crippen molar-refractivity contribution < 1.29 is 5.11 Å². The molecule has 1 radical (unpaired) electrons. The Bertz CT molecular complexity index is 465.